The predicted octanol–water partition coefficient (Wildman–Crippen LogP) is 4.65. The summed E-state index contributed by atoms with van der Waals surface area (Å²) in [7, 11) is 1.60. The lowest BCUT2D eigenvalue weighted by atomic mass is 9.95. The Morgan fingerprint density at radius 2 is 2.07 bits per heavy atom. The smallest absolute Gasteiger partial charge is 0.321 e. The van der Waals surface area contributed by atoms with Gasteiger partial charge >= 0.3 is 6.03 Å². The molecule has 0 N–H and O–H groups in total. The van der Waals surface area contributed by atoms with Gasteiger partial charge in [0.05, 0.1) is 31.9 Å². The largest absolute Gasteiger partial charge is 0.481 e. The Morgan fingerprint density at radius 1 is 1.36 bits per heavy atom. The molecule has 0 aliphatic carbocycles. The minimum absolute atomic E-state index is 0.0673. The van der Waals surface area contributed by atoms with Gasteiger partial charge < -0.3 is 19.3 Å². The molecule has 2 amide bonds. The number of hydrogen-bond acceptors (Lipinski definition) is 4. The molecule has 6 nitrogen and oxygen atoms in total. The van der Waals surface area contributed by atoms with Gasteiger partial charge in [0.25, 0.3) is 0 Å². The first-order valence-corrected chi connectivity index (χ1v) is 10.3. The Labute approximate surface area is 170 Å². The number of carbonyl (C=O) groups is 1. The molecule has 0 aromatic carbocycles. The number of rotatable bonds is 6. The Kier molecular flexibility index (Phi) is 7.32. The highest BCUT2D eigenvalue weighted by Gasteiger charge is 2.44. The lowest BCUT2D eigenvalue weighted by Crippen LogP contribution is -2.62. The summed E-state index contributed by atoms with van der Waals surface area (Å²) in [5.74, 6) is 0.563. The molecule has 1 aromatic heterocycles. The number of aromatic nitrogens is 1. The summed E-state index contributed by atoms with van der Waals surface area (Å²) in [6.07, 6.45) is 5.06. The molecule has 0 radical (unpaired) electrons. The highest BCUT2D eigenvalue weighted by molar-refractivity contribution is 5.77. The summed E-state index contributed by atoms with van der Waals surface area (Å²) in [5, 5.41) is 0. The van der Waals surface area contributed by atoms with Gasteiger partial charge in [-0.1, -0.05) is 19.8 Å². The summed E-state index contributed by atoms with van der Waals surface area (Å²) in [6, 6.07) is 3.70. The van der Waals surface area contributed by atoms with Gasteiger partial charge in [-0.3, -0.25) is 0 Å². The van der Waals surface area contributed by atoms with E-state index in [1.54, 1.807) is 13.3 Å². The molecule has 1 aliphatic heterocycles. The number of methoxy groups -OCH3 is 1. The number of carbonyl (C=O) groups excluding carboxylic acids is 1. The van der Waals surface area contributed by atoms with Gasteiger partial charge in [0.15, 0.2) is 0 Å². The number of ether oxygens (including phenoxy) is 2. The molecule has 1 saturated heterocycles. The number of hydrogen-bond donors (Lipinski definition) is 0. The Bertz CT molecular complexity index is 637. The van der Waals surface area contributed by atoms with Crippen LogP contribution in [-0.2, 0) is 4.74 Å². The summed E-state index contributed by atoms with van der Waals surface area (Å²) in [4.78, 5) is 22.2. The number of unbranched alkanes of at least 4 members (excludes halogenated alkanes) is 2. The Balaban J connectivity index is 2.36. The van der Waals surface area contributed by atoms with Crippen molar-refractivity contribution in [2.45, 2.75) is 77.9 Å². The van der Waals surface area contributed by atoms with Crippen LogP contribution in [0.15, 0.2) is 18.3 Å². The van der Waals surface area contributed by atoms with E-state index >= 15 is 0 Å². The van der Waals surface area contributed by atoms with Crippen LogP contribution in [0.4, 0.5) is 4.79 Å². The van der Waals surface area contributed by atoms with Gasteiger partial charge in [-0.15, -0.1) is 0 Å². The van der Waals surface area contributed by atoms with Crippen molar-refractivity contribution < 1.29 is 14.3 Å². The van der Waals surface area contributed by atoms with Gasteiger partial charge in [-0.25, -0.2) is 9.78 Å². The van der Waals surface area contributed by atoms with Crippen LogP contribution in [0, 0.1) is 0 Å². The highest BCUT2D eigenvalue weighted by atomic mass is 16.5. The zero-order chi connectivity index (χ0) is 20.9. The van der Waals surface area contributed by atoms with Gasteiger partial charge in [-0.2, -0.15) is 0 Å². The molecule has 0 saturated carbocycles. The molecule has 6 heteroatoms. The first kappa shape index (κ1) is 22.5. The Hall–Kier alpha value is -1.82. The van der Waals surface area contributed by atoms with Crippen LogP contribution >= 0.6 is 0 Å². The van der Waals surface area contributed by atoms with Gasteiger partial charge in [-0.05, 0) is 52.7 Å². The van der Waals surface area contributed by atoms with Crippen molar-refractivity contribution in [3.63, 3.8) is 0 Å². The fourth-order valence-electron chi connectivity index (χ4n) is 3.70. The van der Waals surface area contributed by atoms with E-state index in [2.05, 4.69) is 46.5 Å². The van der Waals surface area contributed by atoms with E-state index in [1.807, 2.05) is 21.9 Å². The van der Waals surface area contributed by atoms with Crippen molar-refractivity contribution in [2.75, 3.05) is 26.9 Å². The topological polar surface area (TPSA) is 54.9 Å². The second-order valence-corrected chi connectivity index (χ2v) is 9.16. The number of pyridine rings is 1. The summed E-state index contributed by atoms with van der Waals surface area (Å²) < 4.78 is 11.1. The maximum absolute atomic E-state index is 13.8. The second kappa shape index (κ2) is 9.12. The normalized spacial score (nSPS) is 19.4. The molecule has 28 heavy (non-hydrogen) atoms. The quantitative estimate of drug-likeness (QED) is 0.662. The SMILES string of the molecule is CCCCCN(C(=O)N1C(c2ccc(OC)nc2)COCC1(C)C)C(C)(C)C. The van der Waals surface area contributed by atoms with Crippen molar-refractivity contribution >= 4 is 6.03 Å². The van der Waals surface area contributed by atoms with Crippen LogP contribution in [0.25, 0.3) is 0 Å². The average molecular weight is 392 g/mol. The molecule has 1 aromatic rings. The summed E-state index contributed by atoms with van der Waals surface area (Å²) in [6.45, 7) is 14.4. The lowest BCUT2D eigenvalue weighted by Gasteiger charge is -2.51. The zero-order valence-electron chi connectivity index (χ0n) is 18.6. The molecule has 2 rings (SSSR count). The lowest BCUT2D eigenvalue weighted by molar-refractivity contribution is -0.0762. The maximum atomic E-state index is 13.8. The predicted molar refractivity (Wildman–Crippen MR) is 112 cm³/mol. The van der Waals surface area contributed by atoms with Crippen molar-refractivity contribution in [1.82, 2.24) is 14.8 Å². The van der Waals surface area contributed by atoms with Crippen molar-refractivity contribution in [3.05, 3.63) is 23.9 Å². The van der Waals surface area contributed by atoms with Crippen LogP contribution in [0.1, 0.15) is 72.4 Å². The molecular weight excluding hydrogens is 354 g/mol. The molecule has 0 spiro atoms. The number of morpholine rings is 1. The van der Waals surface area contributed by atoms with Gasteiger partial charge in [0.1, 0.15) is 0 Å². The van der Waals surface area contributed by atoms with E-state index in [1.165, 1.54) is 0 Å². The van der Waals surface area contributed by atoms with E-state index in [0.717, 1.165) is 31.4 Å². The standard InChI is InChI=1S/C22H37N3O3/c1-8-9-10-13-24(21(2,3)4)20(26)25-18(15-28-16-22(25,5)6)17-11-12-19(27-7)23-14-17/h11-12,14,18H,8-10,13,15-16H2,1-7H3. The fourth-order valence-corrected chi connectivity index (χ4v) is 3.70. The maximum Gasteiger partial charge on any atom is 0.321 e. The molecule has 1 atom stereocenters. The second-order valence-electron chi connectivity index (χ2n) is 9.16. The molecule has 158 valence electrons. The van der Waals surface area contributed by atoms with E-state index in [9.17, 15) is 4.79 Å². The highest BCUT2D eigenvalue weighted by Crippen LogP contribution is 2.35. The van der Waals surface area contributed by atoms with E-state index in [0.29, 0.717) is 19.1 Å². The summed E-state index contributed by atoms with van der Waals surface area (Å²) >= 11 is 0. The fraction of sp³-hybridized carbons (Fsp3) is 0.727. The van der Waals surface area contributed by atoms with Crippen molar-refractivity contribution in [1.29, 1.82) is 0 Å². The minimum atomic E-state index is -0.409. The molecule has 2 heterocycles. The van der Waals surface area contributed by atoms with Gasteiger partial charge in [0.2, 0.25) is 5.88 Å². The zero-order valence-corrected chi connectivity index (χ0v) is 18.6. The molecule has 1 aliphatic rings. The monoisotopic (exact) mass is 391 g/mol. The number of nitrogens with zero attached hydrogens (tertiary/aromatic N) is 3. The van der Waals surface area contributed by atoms with Crippen molar-refractivity contribution in [2.24, 2.45) is 0 Å². The number of amides is 2. The average Bonchev–Trinajstić information content (AvgIpc) is 2.63. The third kappa shape index (κ3) is 5.16. The first-order chi connectivity index (χ1) is 13.1. The van der Waals surface area contributed by atoms with Crippen LogP contribution < -0.4 is 4.74 Å². The summed E-state index contributed by atoms with van der Waals surface area (Å²) in [5.41, 5.74) is 0.306. The minimum Gasteiger partial charge on any atom is -0.481 e. The van der Waals surface area contributed by atoms with Crippen LogP contribution in [0.3, 0.4) is 0 Å². The van der Waals surface area contributed by atoms with E-state index in [4.69, 9.17) is 9.47 Å². The van der Waals surface area contributed by atoms with Gasteiger partial charge in [0, 0.05) is 24.3 Å². The molecule has 1 fully saturated rings. The Morgan fingerprint density at radius 3 is 2.61 bits per heavy atom. The van der Waals surface area contributed by atoms with E-state index in [-0.39, 0.29) is 17.6 Å². The third-order valence-corrected chi connectivity index (χ3v) is 5.28. The third-order valence-electron chi connectivity index (χ3n) is 5.28. The van der Waals surface area contributed by atoms with Crippen LogP contribution in [-0.4, -0.2) is 58.8 Å². The number of urea groups is 1. The first-order valence-electron chi connectivity index (χ1n) is 10.3. The molecular formula is C22H37N3O3. The van der Waals surface area contributed by atoms with Crippen LogP contribution in [0.2, 0.25) is 0 Å². The van der Waals surface area contributed by atoms with E-state index < -0.39 is 5.54 Å². The molecule has 1 unspecified atom stereocenters. The van der Waals surface area contributed by atoms with Crippen LogP contribution in [0.5, 0.6) is 5.88 Å². The molecule has 0 bridgehead atoms. The van der Waals surface area contributed by atoms with Crippen molar-refractivity contribution in [3.8, 4) is 5.88 Å².